The smallest absolute Gasteiger partial charge is 0.323 e. The highest BCUT2D eigenvalue weighted by Gasteiger charge is 2.41. The Kier molecular flexibility index (Phi) is 9.88. The van der Waals surface area contributed by atoms with Crippen LogP contribution in [0.25, 0.3) is 10.8 Å². The number of ether oxygens (including phenoxy) is 3. The zero-order chi connectivity index (χ0) is 33.1. The van der Waals surface area contributed by atoms with E-state index in [9.17, 15) is 9.18 Å². The average Bonchev–Trinajstić information content (AvgIpc) is 3.65. The van der Waals surface area contributed by atoms with Crippen LogP contribution in [0.1, 0.15) is 31.4 Å². The molecule has 0 aliphatic carbocycles. The van der Waals surface area contributed by atoms with Gasteiger partial charge in [-0.15, -0.1) is 0 Å². The molecule has 14 heteroatoms. The van der Waals surface area contributed by atoms with Gasteiger partial charge in [0.1, 0.15) is 36.1 Å². The van der Waals surface area contributed by atoms with Gasteiger partial charge in [0.2, 0.25) is 11.8 Å². The molecule has 1 saturated heterocycles. The molecule has 0 saturated carbocycles. The summed E-state index contributed by atoms with van der Waals surface area (Å²) in [6, 6.07) is 17.6. The van der Waals surface area contributed by atoms with Crippen LogP contribution in [0.5, 0.6) is 11.6 Å². The van der Waals surface area contributed by atoms with Gasteiger partial charge in [-0.05, 0) is 43.4 Å². The second-order valence-corrected chi connectivity index (χ2v) is 12.8. The molecule has 1 aromatic heterocycles. The van der Waals surface area contributed by atoms with Crippen LogP contribution in [-0.4, -0.2) is 54.7 Å². The number of carbonyl (C=O) groups excluding carboxylic acids is 1. The third-order valence-electron chi connectivity index (χ3n) is 8.07. The molecule has 248 valence electrons. The maximum Gasteiger partial charge on any atom is 0.323 e. The van der Waals surface area contributed by atoms with Crippen LogP contribution in [0.4, 0.5) is 21.8 Å². The number of anilines is 3. The number of methoxy groups -OCH3 is 1. The van der Waals surface area contributed by atoms with Crippen molar-refractivity contribution < 1.29 is 32.4 Å². The quantitative estimate of drug-likeness (QED) is 0.127. The lowest BCUT2D eigenvalue weighted by Crippen LogP contribution is -2.39. The molecule has 1 fully saturated rings. The number of benzene rings is 3. The van der Waals surface area contributed by atoms with E-state index in [4.69, 9.17) is 29.0 Å². The Morgan fingerprint density at radius 1 is 1.21 bits per heavy atom. The first-order valence-electron chi connectivity index (χ1n) is 15.3. The van der Waals surface area contributed by atoms with Gasteiger partial charge in [0.25, 0.3) is 0 Å². The molecule has 5 unspecified atom stereocenters. The van der Waals surface area contributed by atoms with Crippen LogP contribution in [0.15, 0.2) is 60.7 Å². The summed E-state index contributed by atoms with van der Waals surface area (Å²) in [5.74, 6) is 0.856. The van der Waals surface area contributed by atoms with E-state index in [2.05, 4.69) is 27.3 Å². The third-order valence-corrected chi connectivity index (χ3v) is 9.41. The minimum Gasteiger partial charge on any atom is -0.479 e. The highest BCUT2D eigenvalue weighted by Crippen LogP contribution is 2.43. The van der Waals surface area contributed by atoms with Crippen molar-refractivity contribution in [1.82, 2.24) is 15.1 Å². The van der Waals surface area contributed by atoms with Crippen LogP contribution in [0, 0.1) is 18.7 Å². The highest BCUT2D eigenvalue weighted by atomic mass is 31.2. The van der Waals surface area contributed by atoms with E-state index in [-0.39, 0.29) is 37.4 Å². The van der Waals surface area contributed by atoms with Crippen molar-refractivity contribution in [2.24, 2.45) is 5.92 Å². The van der Waals surface area contributed by atoms with Crippen molar-refractivity contribution >= 4 is 42.7 Å². The fraction of sp³-hybridized carbons (Fsp3) is 0.364. The molecule has 4 aromatic rings. The summed E-state index contributed by atoms with van der Waals surface area (Å²) in [5.41, 5.74) is 7.69. The van der Waals surface area contributed by atoms with Crippen molar-refractivity contribution in [2.45, 2.75) is 52.2 Å². The standard InChI is InChI=1S/C33H38FN6O6P/c1-19-12-13-23(26(34)14-19)16-43-32(41)21(3)39-47(46-27-11-7-9-22-8-5-6-10-25(22)27)44-17-24-15-20(2)31(45-24)40-18-36-28-29(40)37-33(35)38-30(28)42-4/h5-14,20-21,24,31,36,39H,15-18H2,1-4H3,(H2,35,37,38). The predicted octanol–water partition coefficient (Wildman–Crippen LogP) is 5.65. The van der Waals surface area contributed by atoms with Gasteiger partial charge >= 0.3 is 14.5 Å². The number of aromatic nitrogens is 2. The topological polar surface area (TPSA) is 142 Å². The lowest BCUT2D eigenvalue weighted by atomic mass is 10.1. The molecule has 3 heterocycles. The SMILES string of the molecule is COc1nc(N)nc2c1NCN2C1OC(COP(NC(C)C(=O)OCc2ccc(C)cc2F)Oc2cccc3ccccc23)CC1C. The highest BCUT2D eigenvalue weighted by molar-refractivity contribution is 7.45. The first kappa shape index (κ1) is 32.6. The van der Waals surface area contributed by atoms with Gasteiger partial charge in [-0.3, -0.25) is 4.79 Å². The van der Waals surface area contributed by atoms with Crippen LogP contribution < -0.4 is 30.3 Å². The van der Waals surface area contributed by atoms with Crippen molar-refractivity contribution in [3.63, 3.8) is 0 Å². The van der Waals surface area contributed by atoms with E-state index < -0.39 is 26.4 Å². The zero-order valence-corrected chi connectivity index (χ0v) is 27.5. The Balaban J connectivity index is 1.13. The molecule has 47 heavy (non-hydrogen) atoms. The summed E-state index contributed by atoms with van der Waals surface area (Å²) < 4.78 is 44.3. The molecule has 2 aliphatic heterocycles. The molecule has 3 aromatic carbocycles. The van der Waals surface area contributed by atoms with Crippen LogP contribution in [-0.2, 0) is 25.4 Å². The Morgan fingerprint density at radius 3 is 2.83 bits per heavy atom. The lowest BCUT2D eigenvalue weighted by Gasteiger charge is -2.28. The van der Waals surface area contributed by atoms with Gasteiger partial charge in [-0.1, -0.05) is 55.5 Å². The molecule has 4 N–H and O–H groups in total. The number of nitrogens with one attached hydrogen (secondary N) is 2. The largest absolute Gasteiger partial charge is 0.479 e. The first-order chi connectivity index (χ1) is 22.7. The normalized spacial score (nSPS) is 20.0. The van der Waals surface area contributed by atoms with E-state index >= 15 is 0 Å². The summed E-state index contributed by atoms with van der Waals surface area (Å²) in [4.78, 5) is 23.6. The average molecular weight is 665 g/mol. The summed E-state index contributed by atoms with van der Waals surface area (Å²) in [6.07, 6.45) is 0.145. The number of nitrogen functional groups attached to an aromatic ring is 1. The van der Waals surface area contributed by atoms with E-state index in [1.165, 1.54) is 13.2 Å². The first-order valence-corrected chi connectivity index (χ1v) is 16.5. The molecule has 0 amide bonds. The summed E-state index contributed by atoms with van der Waals surface area (Å²) in [6.45, 7) is 6.02. The van der Waals surface area contributed by atoms with Crippen LogP contribution in [0.3, 0.4) is 0 Å². The molecule has 0 radical (unpaired) electrons. The zero-order valence-electron chi connectivity index (χ0n) is 26.6. The fourth-order valence-corrected chi connectivity index (χ4v) is 6.91. The molecule has 5 atom stereocenters. The summed E-state index contributed by atoms with van der Waals surface area (Å²) >= 11 is 0. The number of fused-ring (bicyclic) bond motifs is 2. The Hall–Kier alpha value is -4.29. The third kappa shape index (κ3) is 7.33. The monoisotopic (exact) mass is 664 g/mol. The summed E-state index contributed by atoms with van der Waals surface area (Å²) in [5, 5.41) is 8.34. The number of aryl methyl sites for hydroxylation is 1. The van der Waals surface area contributed by atoms with Crippen molar-refractivity contribution in [1.29, 1.82) is 0 Å². The van der Waals surface area contributed by atoms with Crippen molar-refractivity contribution in [3.8, 4) is 11.6 Å². The number of rotatable bonds is 12. The number of nitrogens with two attached hydrogens (primary N) is 1. The number of esters is 1. The molecule has 0 bridgehead atoms. The van der Waals surface area contributed by atoms with Crippen molar-refractivity contribution in [3.05, 3.63) is 77.6 Å². The number of carbonyl (C=O) groups is 1. The molecule has 12 nitrogen and oxygen atoms in total. The minimum absolute atomic E-state index is 0.110. The Bertz CT molecular complexity index is 1740. The molecule has 2 aliphatic rings. The second-order valence-electron chi connectivity index (χ2n) is 11.6. The van der Waals surface area contributed by atoms with Crippen LogP contribution in [0.2, 0.25) is 0 Å². The Labute approximate surface area is 273 Å². The second kappa shape index (κ2) is 14.2. The van der Waals surface area contributed by atoms with Crippen molar-refractivity contribution in [2.75, 3.05) is 36.3 Å². The van der Waals surface area contributed by atoms with Crippen LogP contribution >= 0.6 is 8.53 Å². The van der Waals surface area contributed by atoms with Gasteiger partial charge in [-0.2, -0.15) is 9.97 Å². The van der Waals surface area contributed by atoms with E-state index in [0.717, 1.165) is 16.3 Å². The fourth-order valence-electron chi connectivity index (χ4n) is 5.67. The molecular formula is C33H38FN6O6P. The number of hydrogen-bond acceptors (Lipinski definition) is 12. The number of nitrogens with zero attached hydrogens (tertiary/aromatic N) is 3. The number of hydrogen-bond donors (Lipinski definition) is 3. The van der Waals surface area contributed by atoms with E-state index in [1.807, 2.05) is 47.4 Å². The van der Waals surface area contributed by atoms with E-state index in [1.54, 1.807) is 26.0 Å². The number of halogens is 1. The predicted molar refractivity (Wildman–Crippen MR) is 177 cm³/mol. The van der Waals surface area contributed by atoms with Gasteiger partial charge in [0, 0.05) is 16.9 Å². The molecule has 6 rings (SSSR count). The van der Waals surface area contributed by atoms with Gasteiger partial charge in [0.05, 0.1) is 26.5 Å². The Morgan fingerprint density at radius 2 is 2.02 bits per heavy atom. The van der Waals surface area contributed by atoms with E-state index in [0.29, 0.717) is 41.8 Å². The summed E-state index contributed by atoms with van der Waals surface area (Å²) in [7, 11) is -0.317. The van der Waals surface area contributed by atoms with Gasteiger partial charge < -0.3 is 39.2 Å². The maximum absolute atomic E-state index is 14.3. The lowest BCUT2D eigenvalue weighted by molar-refractivity contribution is -0.146. The van der Waals surface area contributed by atoms with Gasteiger partial charge in [0.15, 0.2) is 5.82 Å². The molecular weight excluding hydrogens is 626 g/mol. The maximum atomic E-state index is 14.3. The minimum atomic E-state index is -1.85. The molecule has 0 spiro atoms. The van der Waals surface area contributed by atoms with Gasteiger partial charge in [-0.25, -0.2) is 9.48 Å².